The molecule has 2 aliphatic heterocycles. The number of epoxide rings is 1. The molecule has 0 radical (unpaired) electrons. The van der Waals surface area contributed by atoms with Gasteiger partial charge in [-0.15, -0.1) is 0 Å². The first kappa shape index (κ1) is 29.7. The van der Waals surface area contributed by atoms with Crippen molar-refractivity contribution in [2.45, 2.75) is 96.4 Å². The van der Waals surface area contributed by atoms with E-state index in [4.69, 9.17) is 28.4 Å². The molecule has 1 spiro atoms. The number of esters is 2. The number of methoxy groups -OCH3 is 1. The predicted molar refractivity (Wildman–Crippen MR) is 146 cm³/mol. The summed E-state index contributed by atoms with van der Waals surface area (Å²) in [4.78, 5) is 25.1. The normalized spacial score (nSPS) is 36.7. The van der Waals surface area contributed by atoms with Gasteiger partial charge in [-0.1, -0.05) is 49.0 Å². The molecule has 39 heavy (non-hydrogen) atoms. The molecule has 4 aliphatic rings. The highest BCUT2D eigenvalue weighted by atomic mass is 16.6. The first-order chi connectivity index (χ1) is 18.5. The van der Waals surface area contributed by atoms with Gasteiger partial charge >= 0.3 is 11.9 Å². The van der Waals surface area contributed by atoms with E-state index in [2.05, 4.69) is 26.5 Å². The van der Waals surface area contributed by atoms with E-state index in [1.165, 1.54) is 18.6 Å². The van der Waals surface area contributed by atoms with E-state index < -0.39 is 22.4 Å². The summed E-state index contributed by atoms with van der Waals surface area (Å²) >= 11 is 0. The van der Waals surface area contributed by atoms with Gasteiger partial charge in [0.15, 0.2) is 0 Å². The zero-order valence-corrected chi connectivity index (χ0v) is 24.2. The van der Waals surface area contributed by atoms with Crippen LogP contribution in [-0.2, 0) is 38.0 Å². The molecule has 3 fully saturated rings. The zero-order valence-electron chi connectivity index (χ0n) is 24.2. The summed E-state index contributed by atoms with van der Waals surface area (Å²) in [5.41, 5.74) is 0.472. The highest BCUT2D eigenvalue weighted by Crippen LogP contribution is 2.72. The van der Waals surface area contributed by atoms with Crippen LogP contribution in [0, 0.1) is 10.8 Å². The molecule has 0 aromatic rings. The molecule has 0 amide bonds. The molecule has 4 rings (SSSR count). The van der Waals surface area contributed by atoms with Gasteiger partial charge in [0.25, 0.3) is 0 Å². The molecule has 1 saturated carbocycles. The van der Waals surface area contributed by atoms with Crippen LogP contribution in [0.4, 0.5) is 0 Å². The first-order valence-electron chi connectivity index (χ1n) is 13.9. The van der Waals surface area contributed by atoms with Crippen molar-refractivity contribution >= 4 is 11.9 Å². The van der Waals surface area contributed by atoms with Crippen LogP contribution in [0.5, 0.6) is 0 Å². The van der Waals surface area contributed by atoms with Gasteiger partial charge in [-0.2, -0.15) is 0 Å². The standard InChI is InChI=1S/C31H44O8/c1-8-9-10-24(22(4)34-7)35-14-12-21(3)16-28(33)36-18-30-13-11-20(2)15-26(30)39-27-17-25(38-23(5)32)29(30,6)31(27)19-37-31/h8-10,15-16,22,24-27H,1,11-14,17-19H2,2-7H3/b10-9+,21-16+. The number of carbonyl (C=O) groups excluding carboxylic acids is 2. The van der Waals surface area contributed by atoms with E-state index in [-0.39, 0.29) is 43.1 Å². The summed E-state index contributed by atoms with van der Waals surface area (Å²) in [5, 5.41) is 0. The molecule has 2 saturated heterocycles. The van der Waals surface area contributed by atoms with Crippen molar-refractivity contribution in [1.29, 1.82) is 0 Å². The number of ether oxygens (including phenoxy) is 6. The Hall–Kier alpha value is -2.26. The minimum atomic E-state index is -0.572. The largest absolute Gasteiger partial charge is 0.462 e. The molecule has 216 valence electrons. The minimum absolute atomic E-state index is 0.111. The average molecular weight is 545 g/mol. The number of allylic oxidation sites excluding steroid dienone is 3. The van der Waals surface area contributed by atoms with Gasteiger partial charge in [-0.05, 0) is 40.0 Å². The van der Waals surface area contributed by atoms with Crippen LogP contribution < -0.4 is 0 Å². The maximum atomic E-state index is 13.0. The summed E-state index contributed by atoms with van der Waals surface area (Å²) in [7, 11) is 1.65. The Labute approximate surface area is 232 Å². The van der Waals surface area contributed by atoms with E-state index >= 15 is 0 Å². The lowest BCUT2D eigenvalue weighted by Crippen LogP contribution is -2.66. The second kappa shape index (κ2) is 11.7. The van der Waals surface area contributed by atoms with E-state index in [1.807, 2.05) is 26.0 Å². The van der Waals surface area contributed by atoms with E-state index in [0.717, 1.165) is 18.4 Å². The molecular weight excluding hydrogens is 500 g/mol. The molecule has 8 nitrogen and oxygen atoms in total. The number of rotatable bonds is 12. The Morgan fingerprint density at radius 2 is 2.05 bits per heavy atom. The molecule has 8 unspecified atom stereocenters. The summed E-state index contributed by atoms with van der Waals surface area (Å²) in [6.07, 6.45) is 10.8. The van der Waals surface area contributed by atoms with Gasteiger partial charge in [0, 0.05) is 31.9 Å². The molecule has 8 atom stereocenters. The third kappa shape index (κ3) is 5.41. The lowest BCUT2D eigenvalue weighted by Gasteiger charge is -2.58. The predicted octanol–water partition coefficient (Wildman–Crippen LogP) is 4.63. The van der Waals surface area contributed by atoms with Gasteiger partial charge < -0.3 is 28.4 Å². The second-order valence-corrected chi connectivity index (χ2v) is 11.7. The maximum Gasteiger partial charge on any atom is 0.330 e. The third-order valence-electron chi connectivity index (χ3n) is 9.44. The van der Waals surface area contributed by atoms with E-state index in [0.29, 0.717) is 26.1 Å². The van der Waals surface area contributed by atoms with Crippen molar-refractivity contribution in [3.8, 4) is 0 Å². The molecule has 2 heterocycles. The molecule has 2 bridgehead atoms. The van der Waals surface area contributed by atoms with Gasteiger partial charge in [0.2, 0.25) is 0 Å². The molecule has 0 aromatic heterocycles. The quantitative estimate of drug-likeness (QED) is 0.115. The van der Waals surface area contributed by atoms with Crippen LogP contribution in [0.15, 0.2) is 48.1 Å². The Balaban J connectivity index is 1.46. The van der Waals surface area contributed by atoms with Crippen LogP contribution in [0.25, 0.3) is 0 Å². The number of fused-ring (bicyclic) bond motifs is 2. The fraction of sp³-hybridized carbons (Fsp3) is 0.677. The third-order valence-corrected chi connectivity index (χ3v) is 9.44. The van der Waals surface area contributed by atoms with Crippen LogP contribution in [-0.4, -0.2) is 75.0 Å². The van der Waals surface area contributed by atoms with Crippen molar-refractivity contribution in [3.05, 3.63) is 48.1 Å². The SMILES string of the molecule is C=C/C=C/C(OCC/C(C)=C/C(=O)OCC12CCC(C)=CC1OC1CC(OC(C)=O)C2(C)C12CO2)C(C)OC. The Morgan fingerprint density at radius 1 is 1.31 bits per heavy atom. The topological polar surface area (TPSA) is 92.8 Å². The van der Waals surface area contributed by atoms with Gasteiger partial charge in [0.1, 0.15) is 24.4 Å². The zero-order chi connectivity index (χ0) is 28.4. The lowest BCUT2D eigenvalue weighted by molar-refractivity contribution is -0.232. The van der Waals surface area contributed by atoms with Crippen LogP contribution in [0.2, 0.25) is 0 Å². The Morgan fingerprint density at radius 3 is 2.69 bits per heavy atom. The second-order valence-electron chi connectivity index (χ2n) is 11.7. The monoisotopic (exact) mass is 544 g/mol. The lowest BCUT2D eigenvalue weighted by atomic mass is 9.51. The summed E-state index contributed by atoms with van der Waals surface area (Å²) < 4.78 is 35.9. The number of hydrogen-bond acceptors (Lipinski definition) is 8. The van der Waals surface area contributed by atoms with Crippen molar-refractivity contribution in [1.82, 2.24) is 0 Å². The number of carbonyl (C=O) groups is 2. The summed E-state index contributed by atoms with van der Waals surface area (Å²) in [6.45, 7) is 14.4. The van der Waals surface area contributed by atoms with Gasteiger partial charge in [-0.3, -0.25) is 4.79 Å². The van der Waals surface area contributed by atoms with Crippen molar-refractivity contribution < 1.29 is 38.0 Å². The Bertz CT molecular complexity index is 1040. The highest BCUT2D eigenvalue weighted by molar-refractivity contribution is 5.82. The first-order valence-corrected chi connectivity index (χ1v) is 13.9. The molecule has 2 aliphatic carbocycles. The van der Waals surface area contributed by atoms with Crippen molar-refractivity contribution in [3.63, 3.8) is 0 Å². The molecule has 0 aromatic carbocycles. The Kier molecular flexibility index (Phi) is 8.91. The van der Waals surface area contributed by atoms with Crippen LogP contribution in [0.3, 0.4) is 0 Å². The highest BCUT2D eigenvalue weighted by Gasteiger charge is 2.83. The van der Waals surface area contributed by atoms with Crippen molar-refractivity contribution in [2.75, 3.05) is 26.9 Å². The van der Waals surface area contributed by atoms with E-state index in [1.54, 1.807) is 13.2 Å². The summed E-state index contributed by atoms with van der Waals surface area (Å²) in [5.74, 6) is -0.725. The van der Waals surface area contributed by atoms with Crippen LogP contribution >= 0.6 is 0 Å². The fourth-order valence-electron chi connectivity index (χ4n) is 6.88. The van der Waals surface area contributed by atoms with Crippen molar-refractivity contribution in [2.24, 2.45) is 10.8 Å². The fourth-order valence-corrected chi connectivity index (χ4v) is 6.88. The van der Waals surface area contributed by atoms with Gasteiger partial charge in [0.05, 0.1) is 36.9 Å². The number of hydrogen-bond donors (Lipinski definition) is 0. The minimum Gasteiger partial charge on any atom is -0.462 e. The maximum absolute atomic E-state index is 13.0. The van der Waals surface area contributed by atoms with E-state index in [9.17, 15) is 9.59 Å². The molecular formula is C31H44O8. The molecule has 0 N–H and O–H groups in total. The molecule has 8 heteroatoms. The van der Waals surface area contributed by atoms with Crippen LogP contribution in [0.1, 0.15) is 60.3 Å². The van der Waals surface area contributed by atoms with Gasteiger partial charge in [-0.25, -0.2) is 4.79 Å². The smallest absolute Gasteiger partial charge is 0.330 e. The summed E-state index contributed by atoms with van der Waals surface area (Å²) in [6, 6.07) is 0. The average Bonchev–Trinajstić information content (AvgIpc) is 3.67.